The molecule has 1 aliphatic carbocycles. The molecule has 0 aromatic heterocycles. The van der Waals surface area contributed by atoms with Crippen molar-refractivity contribution in [3.8, 4) is 0 Å². The second-order valence-corrected chi connectivity index (χ2v) is 4.39. The highest BCUT2D eigenvalue weighted by molar-refractivity contribution is 5.78. The molecule has 1 aromatic carbocycles. The fourth-order valence-corrected chi connectivity index (χ4v) is 2.34. The summed E-state index contributed by atoms with van der Waals surface area (Å²) in [6, 6.07) is 4.85. The van der Waals surface area contributed by atoms with E-state index in [0.29, 0.717) is 6.54 Å². The second-order valence-electron chi connectivity index (χ2n) is 4.39. The molecule has 0 saturated carbocycles. The van der Waals surface area contributed by atoms with Crippen molar-refractivity contribution in [2.45, 2.75) is 25.3 Å². The number of likely N-dealkylation sites (N-methyl/N-ethyl adjacent to an activating group) is 1. The lowest BCUT2D eigenvalue weighted by atomic mass is 9.87. The van der Waals surface area contributed by atoms with Crippen molar-refractivity contribution in [3.63, 3.8) is 0 Å². The predicted molar refractivity (Wildman–Crippen MR) is 64.1 cm³/mol. The molecule has 1 unspecified atom stereocenters. The van der Waals surface area contributed by atoms with Gasteiger partial charge in [0.05, 0.1) is 12.6 Å². The molecule has 4 heteroatoms. The van der Waals surface area contributed by atoms with Crippen LogP contribution in [0.3, 0.4) is 0 Å². The molecule has 92 valence electrons. The lowest BCUT2D eigenvalue weighted by Crippen LogP contribution is -2.36. The minimum Gasteiger partial charge on any atom is -0.348 e. The van der Waals surface area contributed by atoms with Crippen molar-refractivity contribution in [1.29, 1.82) is 0 Å². The number of fused-ring (bicyclic) bond motifs is 1. The molecule has 1 atom stereocenters. The SMILES string of the molecule is CNCC(=O)NC1CCCc2cc(F)ccc21. The lowest BCUT2D eigenvalue weighted by Gasteiger charge is -2.26. The summed E-state index contributed by atoms with van der Waals surface area (Å²) in [5.74, 6) is -0.222. The molecule has 0 bridgehead atoms. The van der Waals surface area contributed by atoms with E-state index in [4.69, 9.17) is 0 Å². The quantitative estimate of drug-likeness (QED) is 0.835. The van der Waals surface area contributed by atoms with Crippen molar-refractivity contribution in [1.82, 2.24) is 10.6 Å². The van der Waals surface area contributed by atoms with Gasteiger partial charge in [-0.25, -0.2) is 4.39 Å². The topological polar surface area (TPSA) is 41.1 Å². The third-order valence-electron chi connectivity index (χ3n) is 3.09. The number of halogens is 1. The number of carbonyl (C=O) groups excluding carboxylic acids is 1. The minimum atomic E-state index is -0.203. The number of rotatable bonds is 3. The average Bonchev–Trinajstić information content (AvgIpc) is 2.29. The first-order valence-electron chi connectivity index (χ1n) is 5.93. The van der Waals surface area contributed by atoms with Gasteiger partial charge in [0.15, 0.2) is 0 Å². The largest absolute Gasteiger partial charge is 0.348 e. The van der Waals surface area contributed by atoms with Gasteiger partial charge in [0.1, 0.15) is 5.82 Å². The van der Waals surface area contributed by atoms with E-state index in [2.05, 4.69) is 10.6 Å². The zero-order chi connectivity index (χ0) is 12.3. The Hall–Kier alpha value is -1.42. The zero-order valence-corrected chi connectivity index (χ0v) is 9.92. The van der Waals surface area contributed by atoms with Crippen molar-refractivity contribution in [2.75, 3.05) is 13.6 Å². The van der Waals surface area contributed by atoms with E-state index >= 15 is 0 Å². The Balaban J connectivity index is 2.14. The first-order valence-corrected chi connectivity index (χ1v) is 5.93. The van der Waals surface area contributed by atoms with E-state index in [9.17, 15) is 9.18 Å². The van der Waals surface area contributed by atoms with Crippen molar-refractivity contribution in [3.05, 3.63) is 35.1 Å². The normalized spacial score (nSPS) is 18.6. The molecule has 1 amide bonds. The predicted octanol–water partition coefficient (Wildman–Crippen LogP) is 1.54. The second kappa shape index (κ2) is 5.27. The number of nitrogens with one attached hydrogen (secondary N) is 2. The minimum absolute atomic E-state index is 0.0188. The van der Waals surface area contributed by atoms with Gasteiger partial charge in [-0.3, -0.25) is 4.79 Å². The highest BCUT2D eigenvalue weighted by Crippen LogP contribution is 2.29. The summed E-state index contributed by atoms with van der Waals surface area (Å²) in [5, 5.41) is 5.79. The third-order valence-corrected chi connectivity index (χ3v) is 3.09. The Bertz CT molecular complexity index is 420. The van der Waals surface area contributed by atoms with Gasteiger partial charge in [-0.05, 0) is 49.6 Å². The van der Waals surface area contributed by atoms with Crippen LogP contribution in [0.2, 0.25) is 0 Å². The Morgan fingerprint density at radius 3 is 3.12 bits per heavy atom. The maximum atomic E-state index is 13.1. The van der Waals surface area contributed by atoms with Gasteiger partial charge in [-0.15, -0.1) is 0 Å². The van der Waals surface area contributed by atoms with Gasteiger partial charge in [0.25, 0.3) is 0 Å². The number of carbonyl (C=O) groups is 1. The summed E-state index contributed by atoms with van der Waals surface area (Å²) < 4.78 is 13.1. The summed E-state index contributed by atoms with van der Waals surface area (Å²) in [6.45, 7) is 0.313. The van der Waals surface area contributed by atoms with Crippen LogP contribution in [0.5, 0.6) is 0 Å². The molecule has 0 spiro atoms. The fourth-order valence-electron chi connectivity index (χ4n) is 2.34. The molecule has 0 heterocycles. The molecule has 17 heavy (non-hydrogen) atoms. The third kappa shape index (κ3) is 2.82. The molecule has 0 saturated heterocycles. The number of benzene rings is 1. The molecular formula is C13H17FN2O. The van der Waals surface area contributed by atoms with Gasteiger partial charge in [0, 0.05) is 0 Å². The van der Waals surface area contributed by atoms with E-state index < -0.39 is 0 Å². The van der Waals surface area contributed by atoms with Crippen molar-refractivity contribution >= 4 is 5.91 Å². The van der Waals surface area contributed by atoms with E-state index in [-0.39, 0.29) is 17.8 Å². The molecule has 0 fully saturated rings. The van der Waals surface area contributed by atoms with Gasteiger partial charge in [-0.2, -0.15) is 0 Å². The van der Waals surface area contributed by atoms with E-state index in [1.54, 1.807) is 19.2 Å². The molecule has 2 rings (SSSR count). The van der Waals surface area contributed by atoms with Gasteiger partial charge >= 0.3 is 0 Å². The van der Waals surface area contributed by atoms with Crippen molar-refractivity contribution in [2.24, 2.45) is 0 Å². The fraction of sp³-hybridized carbons (Fsp3) is 0.462. The molecule has 1 aromatic rings. The highest BCUT2D eigenvalue weighted by atomic mass is 19.1. The first kappa shape index (κ1) is 12.0. The molecule has 2 N–H and O–H groups in total. The number of aryl methyl sites for hydroxylation is 1. The standard InChI is InChI=1S/C13H17FN2O/c1-15-8-13(17)16-12-4-2-3-9-7-10(14)5-6-11(9)12/h5-7,12,15H,2-4,8H2,1H3,(H,16,17). The molecule has 3 nitrogen and oxygen atoms in total. The molecule has 0 aliphatic heterocycles. The van der Waals surface area contributed by atoms with Crippen LogP contribution in [-0.4, -0.2) is 19.5 Å². The smallest absolute Gasteiger partial charge is 0.234 e. The van der Waals surface area contributed by atoms with E-state index in [0.717, 1.165) is 30.4 Å². The van der Waals surface area contributed by atoms with E-state index in [1.807, 2.05) is 0 Å². The Morgan fingerprint density at radius 1 is 1.53 bits per heavy atom. The summed E-state index contributed by atoms with van der Waals surface area (Å²) in [7, 11) is 1.74. The number of amides is 1. The van der Waals surface area contributed by atoms with Crippen LogP contribution >= 0.6 is 0 Å². The molecule has 0 radical (unpaired) electrons. The number of hydrogen-bond donors (Lipinski definition) is 2. The van der Waals surface area contributed by atoms with Crippen LogP contribution in [0.1, 0.15) is 30.0 Å². The highest BCUT2D eigenvalue weighted by Gasteiger charge is 2.21. The summed E-state index contributed by atoms with van der Waals surface area (Å²) in [5.41, 5.74) is 2.08. The van der Waals surface area contributed by atoms with Crippen LogP contribution in [-0.2, 0) is 11.2 Å². The average molecular weight is 236 g/mol. The first-order chi connectivity index (χ1) is 8.20. The van der Waals surface area contributed by atoms with E-state index in [1.165, 1.54) is 6.07 Å². The monoisotopic (exact) mass is 236 g/mol. The Labute approximate surface area is 100 Å². The molecular weight excluding hydrogens is 219 g/mol. The van der Waals surface area contributed by atoms with Gasteiger partial charge in [0.2, 0.25) is 5.91 Å². The van der Waals surface area contributed by atoms with Crippen molar-refractivity contribution < 1.29 is 9.18 Å². The van der Waals surface area contributed by atoms with Crippen LogP contribution in [0.15, 0.2) is 18.2 Å². The lowest BCUT2D eigenvalue weighted by molar-refractivity contribution is -0.121. The van der Waals surface area contributed by atoms with Crippen LogP contribution in [0, 0.1) is 5.82 Å². The summed E-state index contributed by atoms with van der Waals surface area (Å²) in [4.78, 5) is 11.5. The summed E-state index contributed by atoms with van der Waals surface area (Å²) in [6.07, 6.45) is 2.81. The van der Waals surface area contributed by atoms with Crippen LogP contribution in [0.25, 0.3) is 0 Å². The van der Waals surface area contributed by atoms with Crippen LogP contribution < -0.4 is 10.6 Å². The molecule has 1 aliphatic rings. The Morgan fingerprint density at radius 2 is 2.35 bits per heavy atom. The number of hydrogen-bond acceptors (Lipinski definition) is 2. The van der Waals surface area contributed by atoms with Gasteiger partial charge in [-0.1, -0.05) is 6.07 Å². The summed E-state index contributed by atoms with van der Waals surface area (Å²) >= 11 is 0. The maximum Gasteiger partial charge on any atom is 0.234 e. The van der Waals surface area contributed by atoms with Crippen LogP contribution in [0.4, 0.5) is 4.39 Å². The van der Waals surface area contributed by atoms with Gasteiger partial charge < -0.3 is 10.6 Å². The zero-order valence-electron chi connectivity index (χ0n) is 9.92. The maximum absolute atomic E-state index is 13.1. The Kier molecular flexibility index (Phi) is 3.74.